The normalized spacial score (nSPS) is 31.8. The molecule has 0 saturated heterocycles. The van der Waals surface area contributed by atoms with Gasteiger partial charge in [0.25, 0.3) is 5.91 Å². The van der Waals surface area contributed by atoms with Gasteiger partial charge in [0.15, 0.2) is 0 Å². The molecule has 1 amide bonds. The topological polar surface area (TPSA) is 44.7 Å². The van der Waals surface area contributed by atoms with E-state index in [1.807, 2.05) is 11.1 Å². The SMILES string of the molecule is CCCCCN1N=C(C(=O)N[C@H]2C[C@@H]3CC[C@]2(C)C3(C)C)CC1c1cccc(F)c1. The molecule has 2 bridgehead atoms. The van der Waals surface area contributed by atoms with Gasteiger partial charge in [-0.15, -0.1) is 0 Å². The molecule has 4 rings (SSSR count). The highest BCUT2D eigenvalue weighted by Crippen LogP contribution is 2.65. The van der Waals surface area contributed by atoms with Gasteiger partial charge >= 0.3 is 0 Å². The van der Waals surface area contributed by atoms with Crippen molar-refractivity contribution < 1.29 is 9.18 Å². The summed E-state index contributed by atoms with van der Waals surface area (Å²) < 4.78 is 13.8. The summed E-state index contributed by atoms with van der Waals surface area (Å²) >= 11 is 0. The Morgan fingerprint density at radius 1 is 1.30 bits per heavy atom. The summed E-state index contributed by atoms with van der Waals surface area (Å²) in [6.45, 7) is 10.0. The van der Waals surface area contributed by atoms with Crippen LogP contribution in [0, 0.1) is 22.6 Å². The number of unbranched alkanes of at least 4 members (excludes halogenated alkanes) is 2. The number of hydrogen-bond acceptors (Lipinski definition) is 3. The zero-order chi connectivity index (χ0) is 21.5. The fourth-order valence-electron chi connectivity index (χ4n) is 6.09. The van der Waals surface area contributed by atoms with Gasteiger partial charge in [0.05, 0.1) is 6.04 Å². The average molecular weight is 414 g/mol. The molecular weight excluding hydrogens is 377 g/mol. The molecule has 1 aliphatic heterocycles. The number of benzene rings is 1. The first-order chi connectivity index (χ1) is 14.3. The number of hydrogen-bond donors (Lipinski definition) is 1. The molecule has 0 radical (unpaired) electrons. The Kier molecular flexibility index (Phi) is 5.67. The van der Waals surface area contributed by atoms with E-state index in [1.54, 1.807) is 12.1 Å². The maximum absolute atomic E-state index is 13.8. The first kappa shape index (κ1) is 21.3. The molecular formula is C25H36FN3O. The van der Waals surface area contributed by atoms with E-state index in [0.717, 1.165) is 37.8 Å². The first-order valence-corrected chi connectivity index (χ1v) is 11.7. The van der Waals surface area contributed by atoms with Crippen molar-refractivity contribution in [3.63, 3.8) is 0 Å². The quantitative estimate of drug-likeness (QED) is 0.604. The summed E-state index contributed by atoms with van der Waals surface area (Å²) in [6.07, 6.45) is 7.33. The van der Waals surface area contributed by atoms with Crippen LogP contribution in [-0.2, 0) is 4.79 Å². The number of fused-ring (bicyclic) bond motifs is 2. The number of carbonyl (C=O) groups is 1. The van der Waals surface area contributed by atoms with E-state index in [4.69, 9.17) is 5.10 Å². The minimum absolute atomic E-state index is 0.0380. The number of carbonyl (C=O) groups excluding carboxylic acids is 1. The number of nitrogens with one attached hydrogen (secondary N) is 1. The van der Waals surface area contributed by atoms with Crippen LogP contribution < -0.4 is 5.32 Å². The van der Waals surface area contributed by atoms with Gasteiger partial charge in [-0.05, 0) is 60.1 Å². The monoisotopic (exact) mass is 413 g/mol. The standard InChI is InChI=1S/C25H36FN3O/c1-5-6-7-13-29-21(17-9-8-10-19(26)14-17)16-20(28-29)23(30)27-22-15-18-11-12-25(22,4)24(18,2)3/h8-10,14,18,21-22H,5-7,11-13,15-16H2,1-4H3,(H,27,30)/t18-,21?,22-,25-/m0/s1. The van der Waals surface area contributed by atoms with Crippen molar-refractivity contribution in [3.8, 4) is 0 Å². The first-order valence-electron chi connectivity index (χ1n) is 11.7. The molecule has 0 aromatic heterocycles. The lowest BCUT2D eigenvalue weighted by atomic mass is 9.69. The summed E-state index contributed by atoms with van der Waals surface area (Å²) in [7, 11) is 0. The van der Waals surface area contributed by atoms with Crippen LogP contribution in [0.5, 0.6) is 0 Å². The molecule has 2 fully saturated rings. The van der Waals surface area contributed by atoms with Gasteiger partial charge in [0, 0.05) is 19.0 Å². The number of halogens is 1. The van der Waals surface area contributed by atoms with Crippen LogP contribution in [0.25, 0.3) is 0 Å². The Balaban J connectivity index is 1.49. The van der Waals surface area contributed by atoms with Crippen LogP contribution in [0.4, 0.5) is 4.39 Å². The number of nitrogens with zero attached hydrogens (tertiary/aromatic N) is 2. The van der Waals surface area contributed by atoms with Crippen molar-refractivity contribution in [1.29, 1.82) is 0 Å². The Morgan fingerprint density at radius 2 is 2.10 bits per heavy atom. The molecule has 1 heterocycles. The van der Waals surface area contributed by atoms with Crippen molar-refractivity contribution in [1.82, 2.24) is 10.3 Å². The zero-order valence-corrected chi connectivity index (χ0v) is 18.9. The van der Waals surface area contributed by atoms with E-state index in [-0.39, 0.29) is 34.6 Å². The summed E-state index contributed by atoms with van der Waals surface area (Å²) in [5, 5.41) is 10.1. The van der Waals surface area contributed by atoms with Crippen LogP contribution in [0.2, 0.25) is 0 Å². The third-order valence-corrected chi connectivity index (χ3v) is 8.58. The Morgan fingerprint density at radius 3 is 2.73 bits per heavy atom. The van der Waals surface area contributed by atoms with Gasteiger partial charge in [-0.1, -0.05) is 52.7 Å². The molecule has 2 aliphatic carbocycles. The lowest BCUT2D eigenvalue weighted by molar-refractivity contribution is -0.116. The number of rotatable bonds is 7. The summed E-state index contributed by atoms with van der Waals surface area (Å²) in [6, 6.07) is 6.87. The second kappa shape index (κ2) is 7.97. The lowest BCUT2D eigenvalue weighted by Gasteiger charge is -2.39. The predicted molar refractivity (Wildman–Crippen MR) is 119 cm³/mol. The summed E-state index contributed by atoms with van der Waals surface area (Å²) in [5.41, 5.74) is 1.89. The maximum Gasteiger partial charge on any atom is 0.267 e. The van der Waals surface area contributed by atoms with Gasteiger partial charge in [-0.3, -0.25) is 9.80 Å². The molecule has 1 N–H and O–H groups in total. The molecule has 5 heteroatoms. The maximum atomic E-state index is 13.8. The molecule has 30 heavy (non-hydrogen) atoms. The highest BCUT2D eigenvalue weighted by Gasteiger charge is 2.61. The van der Waals surface area contributed by atoms with Crippen molar-refractivity contribution >= 4 is 11.6 Å². The van der Waals surface area contributed by atoms with Gasteiger partial charge in [-0.2, -0.15) is 5.10 Å². The van der Waals surface area contributed by atoms with Crippen molar-refractivity contribution in [2.45, 2.75) is 84.7 Å². The van der Waals surface area contributed by atoms with E-state index >= 15 is 0 Å². The highest BCUT2D eigenvalue weighted by molar-refractivity contribution is 6.39. The molecule has 4 atom stereocenters. The van der Waals surface area contributed by atoms with Crippen molar-refractivity contribution in [2.24, 2.45) is 21.8 Å². The molecule has 1 aromatic carbocycles. The molecule has 0 spiro atoms. The predicted octanol–water partition coefficient (Wildman–Crippen LogP) is 5.45. The Bertz CT molecular complexity index is 835. The van der Waals surface area contributed by atoms with Crippen molar-refractivity contribution in [3.05, 3.63) is 35.6 Å². The average Bonchev–Trinajstić information content (AvgIpc) is 3.28. The van der Waals surface area contributed by atoms with Crippen LogP contribution in [0.15, 0.2) is 29.4 Å². The Labute approximate surface area is 180 Å². The minimum Gasteiger partial charge on any atom is -0.348 e. The molecule has 4 nitrogen and oxygen atoms in total. The van der Waals surface area contributed by atoms with Gasteiger partial charge in [0.2, 0.25) is 0 Å². The minimum atomic E-state index is -0.240. The Hall–Kier alpha value is -1.91. The fourth-order valence-corrected chi connectivity index (χ4v) is 6.09. The summed E-state index contributed by atoms with van der Waals surface area (Å²) in [4.78, 5) is 13.2. The second-order valence-corrected chi connectivity index (χ2v) is 10.3. The molecule has 2 saturated carbocycles. The highest BCUT2D eigenvalue weighted by atomic mass is 19.1. The number of hydrazone groups is 1. The van der Waals surface area contributed by atoms with Crippen LogP contribution >= 0.6 is 0 Å². The van der Waals surface area contributed by atoms with Gasteiger partial charge in [0.1, 0.15) is 11.5 Å². The fraction of sp³-hybridized carbons (Fsp3) is 0.680. The largest absolute Gasteiger partial charge is 0.348 e. The molecule has 164 valence electrons. The third-order valence-electron chi connectivity index (χ3n) is 8.58. The molecule has 1 unspecified atom stereocenters. The van der Waals surface area contributed by atoms with E-state index in [1.165, 1.54) is 18.9 Å². The molecule has 1 aromatic rings. The van der Waals surface area contributed by atoms with Gasteiger partial charge < -0.3 is 5.32 Å². The van der Waals surface area contributed by atoms with Crippen molar-refractivity contribution in [2.75, 3.05) is 6.54 Å². The third kappa shape index (κ3) is 3.54. The smallest absolute Gasteiger partial charge is 0.267 e. The second-order valence-electron chi connectivity index (χ2n) is 10.3. The number of amides is 1. The van der Waals surface area contributed by atoms with E-state index < -0.39 is 0 Å². The van der Waals surface area contributed by atoms with E-state index in [2.05, 4.69) is 33.0 Å². The van der Waals surface area contributed by atoms with Gasteiger partial charge in [-0.25, -0.2) is 4.39 Å². The van der Waals surface area contributed by atoms with E-state index in [0.29, 0.717) is 18.1 Å². The van der Waals surface area contributed by atoms with Crippen LogP contribution in [0.1, 0.15) is 84.2 Å². The zero-order valence-electron chi connectivity index (χ0n) is 18.9. The lowest BCUT2D eigenvalue weighted by Crippen LogP contribution is -2.48. The molecule has 3 aliphatic rings. The van der Waals surface area contributed by atoms with Crippen LogP contribution in [0.3, 0.4) is 0 Å². The van der Waals surface area contributed by atoms with Crippen LogP contribution in [-0.4, -0.2) is 29.2 Å². The summed E-state index contributed by atoms with van der Waals surface area (Å²) in [5.74, 6) is 0.406. The van der Waals surface area contributed by atoms with E-state index in [9.17, 15) is 9.18 Å².